The number of ether oxygens (including phenoxy) is 1. The van der Waals surface area contributed by atoms with Gasteiger partial charge in [0.2, 0.25) is 0 Å². The summed E-state index contributed by atoms with van der Waals surface area (Å²) in [6, 6.07) is 6.87. The van der Waals surface area contributed by atoms with E-state index < -0.39 is 9.84 Å². The zero-order chi connectivity index (χ0) is 19.5. The first kappa shape index (κ1) is 25.2. The fraction of sp³-hybridized carbons (Fsp3) is 0.650. The van der Waals surface area contributed by atoms with Crippen LogP contribution < -0.4 is 10.6 Å². The Morgan fingerprint density at radius 2 is 1.82 bits per heavy atom. The highest BCUT2D eigenvalue weighted by molar-refractivity contribution is 14.0. The van der Waals surface area contributed by atoms with E-state index in [-0.39, 0.29) is 24.0 Å². The Morgan fingerprint density at radius 1 is 1.14 bits per heavy atom. The van der Waals surface area contributed by atoms with Gasteiger partial charge >= 0.3 is 0 Å². The normalized spacial score (nSPS) is 15.7. The van der Waals surface area contributed by atoms with Crippen molar-refractivity contribution in [3.05, 3.63) is 29.8 Å². The number of benzene rings is 1. The average Bonchev–Trinajstić information content (AvgIpc) is 2.66. The Bertz CT molecular complexity index is 687. The third-order valence-electron chi connectivity index (χ3n) is 4.63. The minimum absolute atomic E-state index is 0. The van der Waals surface area contributed by atoms with Crippen LogP contribution in [-0.2, 0) is 21.1 Å². The molecule has 0 spiro atoms. The van der Waals surface area contributed by atoms with Crippen LogP contribution >= 0.6 is 24.0 Å². The molecule has 8 heteroatoms. The van der Waals surface area contributed by atoms with Crippen molar-refractivity contribution in [1.29, 1.82) is 0 Å². The summed E-state index contributed by atoms with van der Waals surface area (Å²) in [6.45, 7) is 4.91. The first-order valence-electron chi connectivity index (χ1n) is 9.92. The summed E-state index contributed by atoms with van der Waals surface area (Å²) in [5, 5.41) is 6.56. The van der Waals surface area contributed by atoms with Gasteiger partial charge < -0.3 is 15.4 Å². The zero-order valence-electron chi connectivity index (χ0n) is 16.9. The van der Waals surface area contributed by atoms with Crippen molar-refractivity contribution < 1.29 is 13.2 Å². The molecule has 1 aromatic rings. The number of hydrogen-bond acceptors (Lipinski definition) is 4. The fourth-order valence-corrected chi connectivity index (χ4v) is 3.75. The van der Waals surface area contributed by atoms with Gasteiger partial charge in [-0.15, -0.1) is 24.0 Å². The number of halogens is 1. The van der Waals surface area contributed by atoms with Crippen molar-refractivity contribution in [2.24, 2.45) is 4.99 Å². The first-order chi connectivity index (χ1) is 13.0. The van der Waals surface area contributed by atoms with Gasteiger partial charge in [0.25, 0.3) is 0 Å². The van der Waals surface area contributed by atoms with Gasteiger partial charge in [0.05, 0.1) is 17.5 Å². The van der Waals surface area contributed by atoms with Crippen LogP contribution in [-0.4, -0.2) is 46.4 Å². The lowest BCUT2D eigenvalue weighted by Crippen LogP contribution is -2.38. The van der Waals surface area contributed by atoms with E-state index in [4.69, 9.17) is 4.74 Å². The van der Waals surface area contributed by atoms with Gasteiger partial charge in [-0.1, -0.05) is 31.4 Å². The van der Waals surface area contributed by atoms with Crippen molar-refractivity contribution in [1.82, 2.24) is 10.6 Å². The predicted octanol–water partition coefficient (Wildman–Crippen LogP) is 3.50. The lowest BCUT2D eigenvalue weighted by atomic mass is 9.98. The number of sulfone groups is 1. The molecule has 28 heavy (non-hydrogen) atoms. The van der Waals surface area contributed by atoms with Crippen molar-refractivity contribution in [3.8, 4) is 0 Å². The molecule has 6 nitrogen and oxygen atoms in total. The molecule has 0 amide bonds. The van der Waals surface area contributed by atoms with Crippen LogP contribution in [0.15, 0.2) is 34.2 Å². The second-order valence-electron chi connectivity index (χ2n) is 7.02. The average molecular weight is 523 g/mol. The van der Waals surface area contributed by atoms with Crippen molar-refractivity contribution >= 4 is 39.8 Å². The highest BCUT2D eigenvalue weighted by Crippen LogP contribution is 2.20. The number of guanidine groups is 1. The van der Waals surface area contributed by atoms with E-state index in [0.717, 1.165) is 37.6 Å². The lowest BCUT2D eigenvalue weighted by molar-refractivity contribution is 0.0277. The molecule has 1 aliphatic rings. The van der Waals surface area contributed by atoms with Gasteiger partial charge in [-0.05, 0) is 43.9 Å². The lowest BCUT2D eigenvalue weighted by Gasteiger charge is -2.22. The third-order valence-corrected chi connectivity index (χ3v) is 5.76. The van der Waals surface area contributed by atoms with Gasteiger partial charge in [-0.3, -0.25) is 0 Å². The topological polar surface area (TPSA) is 79.8 Å². The van der Waals surface area contributed by atoms with Gasteiger partial charge in [-0.25, -0.2) is 13.4 Å². The Hall–Kier alpha value is -0.870. The van der Waals surface area contributed by atoms with Gasteiger partial charge in [0.1, 0.15) is 0 Å². The molecule has 0 bridgehead atoms. The summed E-state index contributed by atoms with van der Waals surface area (Å²) in [7, 11) is -3.16. The van der Waals surface area contributed by atoms with E-state index >= 15 is 0 Å². The molecule has 0 radical (unpaired) electrons. The number of hydrogen-bond donors (Lipinski definition) is 2. The highest BCUT2D eigenvalue weighted by atomic mass is 127. The van der Waals surface area contributed by atoms with Crippen LogP contribution in [0, 0.1) is 0 Å². The molecule has 1 fully saturated rings. The van der Waals surface area contributed by atoms with Gasteiger partial charge in [0.15, 0.2) is 15.8 Å². The number of rotatable bonds is 9. The van der Waals surface area contributed by atoms with E-state index in [1.807, 2.05) is 19.1 Å². The largest absolute Gasteiger partial charge is 0.378 e. The minimum Gasteiger partial charge on any atom is -0.378 e. The molecular weight excluding hydrogens is 489 g/mol. The van der Waals surface area contributed by atoms with E-state index in [0.29, 0.717) is 17.5 Å². The minimum atomic E-state index is -3.16. The Labute approximate surface area is 186 Å². The molecule has 2 rings (SSSR count). The summed E-state index contributed by atoms with van der Waals surface area (Å²) < 4.78 is 29.0. The Balaban J connectivity index is 0.00000392. The van der Waals surface area contributed by atoms with Crippen molar-refractivity contribution in [3.63, 3.8) is 0 Å². The van der Waals surface area contributed by atoms with Gasteiger partial charge in [0, 0.05) is 26.0 Å². The molecule has 0 saturated heterocycles. The predicted molar refractivity (Wildman–Crippen MR) is 125 cm³/mol. The van der Waals surface area contributed by atoms with E-state index in [1.54, 1.807) is 12.1 Å². The van der Waals surface area contributed by atoms with E-state index in [2.05, 4.69) is 15.6 Å². The molecule has 0 heterocycles. The number of nitrogens with zero attached hydrogens (tertiary/aromatic N) is 1. The molecule has 160 valence electrons. The standard InChI is InChI=1S/C20H33N3O3S.HI/c1-3-21-20(22-14-7-15-26-18-8-5-4-6-9-18)23-16-17-10-12-19(13-11-17)27(2,24)25;/h10-13,18H,3-9,14-16H2,1-2H3,(H2,21,22,23);1H. The molecule has 0 atom stereocenters. The smallest absolute Gasteiger partial charge is 0.191 e. The summed E-state index contributed by atoms with van der Waals surface area (Å²) in [5.74, 6) is 0.766. The molecule has 1 aromatic carbocycles. The van der Waals surface area contributed by atoms with Crippen LogP contribution in [0.3, 0.4) is 0 Å². The van der Waals surface area contributed by atoms with Crippen LogP contribution in [0.1, 0.15) is 51.0 Å². The van der Waals surface area contributed by atoms with Crippen molar-refractivity contribution in [2.75, 3.05) is 26.0 Å². The molecule has 0 aromatic heterocycles. The summed E-state index contributed by atoms with van der Waals surface area (Å²) in [5.41, 5.74) is 0.972. The second kappa shape index (κ2) is 13.4. The summed E-state index contributed by atoms with van der Waals surface area (Å²) >= 11 is 0. The molecule has 0 unspecified atom stereocenters. The van der Waals surface area contributed by atoms with E-state index in [9.17, 15) is 8.42 Å². The number of nitrogens with one attached hydrogen (secondary N) is 2. The maximum absolute atomic E-state index is 11.5. The monoisotopic (exact) mass is 523 g/mol. The quantitative estimate of drug-likeness (QED) is 0.224. The molecular formula is C20H34IN3O3S. The van der Waals surface area contributed by atoms with Crippen LogP contribution in [0.4, 0.5) is 0 Å². The maximum Gasteiger partial charge on any atom is 0.191 e. The van der Waals surface area contributed by atoms with Crippen LogP contribution in [0.5, 0.6) is 0 Å². The Kier molecular flexibility index (Phi) is 12.0. The fourth-order valence-electron chi connectivity index (χ4n) is 3.11. The van der Waals surface area contributed by atoms with Gasteiger partial charge in [-0.2, -0.15) is 0 Å². The molecule has 1 saturated carbocycles. The number of aliphatic imine (C=N–C) groups is 1. The van der Waals surface area contributed by atoms with Crippen LogP contribution in [0.25, 0.3) is 0 Å². The molecule has 1 aliphatic carbocycles. The molecule has 0 aliphatic heterocycles. The highest BCUT2D eigenvalue weighted by Gasteiger charge is 2.13. The summed E-state index contributed by atoms with van der Waals surface area (Å²) in [4.78, 5) is 4.90. The maximum atomic E-state index is 11.5. The Morgan fingerprint density at radius 3 is 2.43 bits per heavy atom. The van der Waals surface area contributed by atoms with E-state index in [1.165, 1.54) is 38.4 Å². The second-order valence-corrected chi connectivity index (χ2v) is 9.04. The summed E-state index contributed by atoms with van der Waals surface area (Å²) in [6.07, 6.45) is 8.97. The third kappa shape index (κ3) is 9.56. The first-order valence-corrected chi connectivity index (χ1v) is 11.8. The molecule has 2 N–H and O–H groups in total. The zero-order valence-corrected chi connectivity index (χ0v) is 20.1. The van der Waals surface area contributed by atoms with Crippen molar-refractivity contribution in [2.45, 2.75) is 63.0 Å². The van der Waals surface area contributed by atoms with Crippen LogP contribution in [0.2, 0.25) is 0 Å². The SMILES string of the molecule is CCNC(=NCc1ccc(S(C)(=O)=O)cc1)NCCCOC1CCCCC1.I.